The maximum Gasteiger partial charge on any atom is 0.122 e. The van der Waals surface area contributed by atoms with Gasteiger partial charge in [-0.05, 0) is 79.7 Å². The van der Waals surface area contributed by atoms with Gasteiger partial charge in [-0.1, -0.05) is 46.1 Å². The van der Waals surface area contributed by atoms with Crippen LogP contribution in [0.25, 0.3) is 0 Å². The monoisotopic (exact) mass is 421 g/mol. The van der Waals surface area contributed by atoms with Crippen LogP contribution in [-0.2, 0) is 19.4 Å². The molecule has 3 rings (SSSR count). The van der Waals surface area contributed by atoms with E-state index >= 15 is 0 Å². The molecule has 0 aliphatic carbocycles. The topological polar surface area (TPSA) is 12.5 Å². The van der Waals surface area contributed by atoms with E-state index in [1.165, 1.54) is 49.0 Å². The molecule has 0 saturated carbocycles. The minimum atomic E-state index is 0.893. The zero-order valence-corrected chi connectivity index (χ0v) is 17.1. The van der Waals surface area contributed by atoms with Crippen LogP contribution >= 0.6 is 27.5 Å². The molecule has 134 valence electrons. The summed E-state index contributed by atoms with van der Waals surface area (Å²) in [5, 5.41) is 0.893. The SMILES string of the molecule is COc1ccc(Br)cc1CCc1cccc(Cl)c1CN1CCCCC1. The molecule has 2 nitrogen and oxygen atoms in total. The minimum Gasteiger partial charge on any atom is -0.496 e. The van der Waals surface area contributed by atoms with E-state index in [0.717, 1.165) is 34.6 Å². The molecule has 25 heavy (non-hydrogen) atoms. The van der Waals surface area contributed by atoms with E-state index in [4.69, 9.17) is 16.3 Å². The van der Waals surface area contributed by atoms with Crippen molar-refractivity contribution >= 4 is 27.5 Å². The van der Waals surface area contributed by atoms with Crippen LogP contribution in [0.3, 0.4) is 0 Å². The lowest BCUT2D eigenvalue weighted by Crippen LogP contribution is -2.29. The molecule has 0 atom stereocenters. The van der Waals surface area contributed by atoms with Crippen LogP contribution in [0.5, 0.6) is 5.75 Å². The highest BCUT2D eigenvalue weighted by atomic mass is 79.9. The lowest BCUT2D eigenvalue weighted by atomic mass is 9.98. The van der Waals surface area contributed by atoms with Gasteiger partial charge < -0.3 is 4.74 Å². The van der Waals surface area contributed by atoms with E-state index in [2.05, 4.69) is 39.0 Å². The number of aryl methyl sites for hydroxylation is 2. The van der Waals surface area contributed by atoms with E-state index in [1.807, 2.05) is 18.2 Å². The Morgan fingerprint density at radius 1 is 1.04 bits per heavy atom. The fourth-order valence-electron chi connectivity index (χ4n) is 3.57. The number of hydrogen-bond donors (Lipinski definition) is 0. The third kappa shape index (κ3) is 4.99. The third-order valence-corrected chi connectivity index (χ3v) is 5.80. The average molecular weight is 423 g/mol. The van der Waals surface area contributed by atoms with Crippen molar-refractivity contribution in [3.8, 4) is 5.75 Å². The number of benzene rings is 2. The summed E-state index contributed by atoms with van der Waals surface area (Å²) in [5.74, 6) is 0.947. The molecule has 1 fully saturated rings. The Kier molecular flexibility index (Phi) is 6.80. The first kappa shape index (κ1) is 18.8. The van der Waals surface area contributed by atoms with Gasteiger partial charge in [0, 0.05) is 16.0 Å². The molecule has 1 aliphatic heterocycles. The Morgan fingerprint density at radius 2 is 1.80 bits per heavy atom. The molecule has 0 radical (unpaired) electrons. The maximum absolute atomic E-state index is 6.56. The highest BCUT2D eigenvalue weighted by molar-refractivity contribution is 9.10. The summed E-state index contributed by atoms with van der Waals surface area (Å²) in [6, 6.07) is 12.5. The van der Waals surface area contributed by atoms with Crippen molar-refractivity contribution in [2.24, 2.45) is 0 Å². The van der Waals surface area contributed by atoms with Crippen molar-refractivity contribution in [2.45, 2.75) is 38.6 Å². The number of halogens is 2. The van der Waals surface area contributed by atoms with E-state index in [-0.39, 0.29) is 0 Å². The minimum absolute atomic E-state index is 0.893. The van der Waals surface area contributed by atoms with Crippen molar-refractivity contribution in [2.75, 3.05) is 20.2 Å². The van der Waals surface area contributed by atoms with Crippen LogP contribution in [0.1, 0.15) is 36.0 Å². The van der Waals surface area contributed by atoms with E-state index in [9.17, 15) is 0 Å². The Balaban J connectivity index is 1.76. The van der Waals surface area contributed by atoms with Crippen LogP contribution in [0.15, 0.2) is 40.9 Å². The van der Waals surface area contributed by atoms with Crippen molar-refractivity contribution < 1.29 is 4.74 Å². The van der Waals surface area contributed by atoms with Crippen molar-refractivity contribution in [1.29, 1.82) is 0 Å². The van der Waals surface area contributed by atoms with Gasteiger partial charge in [0.15, 0.2) is 0 Å². The highest BCUT2D eigenvalue weighted by Gasteiger charge is 2.15. The fourth-order valence-corrected chi connectivity index (χ4v) is 4.23. The Morgan fingerprint density at radius 3 is 2.56 bits per heavy atom. The lowest BCUT2D eigenvalue weighted by Gasteiger charge is -2.27. The molecule has 0 unspecified atom stereocenters. The maximum atomic E-state index is 6.56. The lowest BCUT2D eigenvalue weighted by molar-refractivity contribution is 0.220. The molecule has 1 aliphatic rings. The summed E-state index contributed by atoms with van der Waals surface area (Å²) in [4.78, 5) is 2.54. The van der Waals surface area contributed by atoms with Gasteiger partial charge in [-0.25, -0.2) is 0 Å². The summed E-state index contributed by atoms with van der Waals surface area (Å²) in [5.41, 5.74) is 3.86. The van der Waals surface area contributed by atoms with Crippen LogP contribution in [0.4, 0.5) is 0 Å². The summed E-state index contributed by atoms with van der Waals surface area (Å²) >= 11 is 10.1. The molecule has 2 aromatic rings. The summed E-state index contributed by atoms with van der Waals surface area (Å²) in [6.45, 7) is 3.33. The molecular formula is C21H25BrClNO. The smallest absolute Gasteiger partial charge is 0.122 e. The number of nitrogens with zero attached hydrogens (tertiary/aromatic N) is 1. The number of hydrogen-bond acceptors (Lipinski definition) is 2. The predicted octanol–water partition coefficient (Wildman–Crippen LogP) is 5.88. The van der Waals surface area contributed by atoms with Crippen molar-refractivity contribution in [3.05, 3.63) is 62.6 Å². The molecule has 0 aromatic heterocycles. The number of likely N-dealkylation sites (tertiary alicyclic amines) is 1. The standard InChI is InChI=1S/C21H25BrClNO/c1-25-21-11-10-18(22)14-17(21)9-8-16-6-5-7-20(23)19(16)15-24-12-3-2-4-13-24/h5-7,10-11,14H,2-4,8-9,12-13,15H2,1H3. The van der Waals surface area contributed by atoms with Gasteiger partial charge in [0.2, 0.25) is 0 Å². The third-order valence-electron chi connectivity index (χ3n) is 4.95. The number of rotatable bonds is 6. The van der Waals surface area contributed by atoms with Crippen LogP contribution in [-0.4, -0.2) is 25.1 Å². The number of piperidine rings is 1. The molecule has 4 heteroatoms. The first-order valence-corrected chi connectivity index (χ1v) is 10.2. The van der Waals surface area contributed by atoms with Gasteiger partial charge in [0.05, 0.1) is 7.11 Å². The summed E-state index contributed by atoms with van der Waals surface area (Å²) in [6.07, 6.45) is 5.87. The van der Waals surface area contributed by atoms with E-state index in [1.54, 1.807) is 7.11 Å². The molecule has 0 N–H and O–H groups in total. The van der Waals surface area contributed by atoms with Crippen molar-refractivity contribution in [3.63, 3.8) is 0 Å². The number of ether oxygens (including phenoxy) is 1. The molecule has 0 bridgehead atoms. The molecule has 1 saturated heterocycles. The second-order valence-corrected chi connectivity index (χ2v) is 7.99. The summed E-state index contributed by atoms with van der Waals surface area (Å²) < 4.78 is 6.60. The van der Waals surface area contributed by atoms with Gasteiger partial charge in [-0.3, -0.25) is 4.90 Å². The first-order valence-electron chi connectivity index (χ1n) is 8.98. The van der Waals surface area contributed by atoms with Crippen molar-refractivity contribution in [1.82, 2.24) is 4.90 Å². The molecular weight excluding hydrogens is 398 g/mol. The molecule has 0 spiro atoms. The van der Waals surface area contributed by atoms with Crippen LogP contribution < -0.4 is 4.74 Å². The second kappa shape index (κ2) is 9.07. The van der Waals surface area contributed by atoms with E-state index < -0.39 is 0 Å². The zero-order valence-electron chi connectivity index (χ0n) is 14.7. The fraction of sp³-hybridized carbons (Fsp3) is 0.429. The molecule has 1 heterocycles. The van der Waals surface area contributed by atoms with Gasteiger partial charge in [0.25, 0.3) is 0 Å². The van der Waals surface area contributed by atoms with E-state index in [0.29, 0.717) is 0 Å². The van der Waals surface area contributed by atoms with Crippen LogP contribution in [0.2, 0.25) is 5.02 Å². The Bertz CT molecular complexity index is 713. The Labute approximate surface area is 164 Å². The normalized spacial score (nSPS) is 15.3. The average Bonchev–Trinajstić information content (AvgIpc) is 2.63. The van der Waals surface area contributed by atoms with Gasteiger partial charge in [-0.15, -0.1) is 0 Å². The first-order chi connectivity index (χ1) is 12.2. The predicted molar refractivity (Wildman–Crippen MR) is 109 cm³/mol. The quantitative estimate of drug-likeness (QED) is 0.576. The largest absolute Gasteiger partial charge is 0.496 e. The Hall–Kier alpha value is -1.03. The van der Waals surface area contributed by atoms with Gasteiger partial charge >= 0.3 is 0 Å². The second-order valence-electron chi connectivity index (χ2n) is 6.67. The molecule has 2 aromatic carbocycles. The summed E-state index contributed by atoms with van der Waals surface area (Å²) in [7, 11) is 1.73. The van der Waals surface area contributed by atoms with Gasteiger partial charge in [-0.2, -0.15) is 0 Å². The van der Waals surface area contributed by atoms with Gasteiger partial charge in [0.1, 0.15) is 5.75 Å². The molecule has 0 amide bonds. The number of methoxy groups -OCH3 is 1. The zero-order chi connectivity index (χ0) is 17.6. The van der Waals surface area contributed by atoms with Crippen LogP contribution in [0, 0.1) is 0 Å². The highest BCUT2D eigenvalue weighted by Crippen LogP contribution is 2.28.